The summed E-state index contributed by atoms with van der Waals surface area (Å²) in [5.41, 5.74) is 3.75. The van der Waals surface area contributed by atoms with Crippen LogP contribution in [0.3, 0.4) is 0 Å². The normalized spacial score (nSPS) is 16.0. The Labute approximate surface area is 170 Å². The van der Waals surface area contributed by atoms with E-state index in [2.05, 4.69) is 20.9 Å². The van der Waals surface area contributed by atoms with Gasteiger partial charge >= 0.3 is 0 Å². The van der Waals surface area contributed by atoms with Gasteiger partial charge in [0.05, 0.1) is 11.4 Å². The lowest BCUT2D eigenvalue weighted by Crippen LogP contribution is -2.46. The maximum atomic E-state index is 14.8. The molecule has 29 heavy (non-hydrogen) atoms. The average molecular weight is 392 g/mol. The molecule has 0 radical (unpaired) electrons. The quantitative estimate of drug-likeness (QED) is 0.722. The van der Waals surface area contributed by atoms with Crippen LogP contribution in [0.25, 0.3) is 0 Å². The molecular weight excluding hydrogens is 367 g/mol. The average Bonchev–Trinajstić information content (AvgIpc) is 2.75. The number of anilines is 1. The molecule has 3 aromatic rings. The number of aryl methyl sites for hydroxylation is 1. The predicted molar refractivity (Wildman–Crippen MR) is 111 cm³/mol. The summed E-state index contributed by atoms with van der Waals surface area (Å²) >= 11 is 0. The standard InChI is InChI=1S/C23H25FN4O/c1-17-7-8-21(26-14-17)23(29)19-5-2-6-20(24)22(19)28-12-10-27(11-13-28)16-18-4-3-9-25-15-18/h2-9,14-15,23,29H,10-13,16H2,1H3. The summed E-state index contributed by atoms with van der Waals surface area (Å²) < 4.78 is 14.8. The monoisotopic (exact) mass is 392 g/mol. The lowest BCUT2D eigenvalue weighted by atomic mass is 10.0. The van der Waals surface area contributed by atoms with Crippen molar-refractivity contribution in [1.29, 1.82) is 0 Å². The summed E-state index contributed by atoms with van der Waals surface area (Å²) in [7, 11) is 0. The topological polar surface area (TPSA) is 52.5 Å². The molecule has 3 heterocycles. The van der Waals surface area contributed by atoms with Crippen LogP contribution in [-0.2, 0) is 6.54 Å². The molecule has 1 aromatic carbocycles. The number of rotatable bonds is 5. The molecule has 0 spiro atoms. The number of aliphatic hydroxyl groups excluding tert-OH is 1. The molecule has 1 unspecified atom stereocenters. The lowest BCUT2D eigenvalue weighted by Gasteiger charge is -2.37. The third kappa shape index (κ3) is 4.44. The molecule has 0 aliphatic carbocycles. The van der Waals surface area contributed by atoms with Gasteiger partial charge in [-0.05, 0) is 36.2 Å². The van der Waals surface area contributed by atoms with Crippen LogP contribution >= 0.6 is 0 Å². The highest BCUT2D eigenvalue weighted by Crippen LogP contribution is 2.33. The number of piperazine rings is 1. The Balaban J connectivity index is 1.51. The molecule has 6 heteroatoms. The van der Waals surface area contributed by atoms with Crippen LogP contribution < -0.4 is 4.90 Å². The van der Waals surface area contributed by atoms with E-state index in [0.717, 1.165) is 25.2 Å². The first-order valence-corrected chi connectivity index (χ1v) is 9.87. The summed E-state index contributed by atoms with van der Waals surface area (Å²) in [5.74, 6) is -0.311. The Bertz CT molecular complexity index is 941. The van der Waals surface area contributed by atoms with Crippen LogP contribution in [0.1, 0.15) is 28.5 Å². The number of aliphatic hydroxyl groups is 1. The summed E-state index contributed by atoms with van der Waals surface area (Å²) in [6.07, 6.45) is 4.41. The number of aromatic nitrogens is 2. The predicted octanol–water partition coefficient (Wildman–Crippen LogP) is 3.33. The van der Waals surface area contributed by atoms with Gasteiger partial charge in [-0.3, -0.25) is 14.9 Å². The summed E-state index contributed by atoms with van der Waals surface area (Å²) in [5, 5.41) is 10.9. The van der Waals surface area contributed by atoms with Crippen molar-refractivity contribution in [2.75, 3.05) is 31.1 Å². The molecule has 0 bridgehead atoms. The van der Waals surface area contributed by atoms with Crippen molar-refractivity contribution in [1.82, 2.24) is 14.9 Å². The zero-order valence-corrected chi connectivity index (χ0v) is 16.5. The third-order valence-electron chi connectivity index (χ3n) is 5.34. The zero-order valence-electron chi connectivity index (χ0n) is 16.5. The fourth-order valence-corrected chi connectivity index (χ4v) is 3.77. The van der Waals surface area contributed by atoms with Gasteiger partial charge in [0.1, 0.15) is 11.9 Å². The summed E-state index contributed by atoms with van der Waals surface area (Å²) in [6, 6.07) is 12.6. The number of nitrogens with zero attached hydrogens (tertiary/aromatic N) is 4. The van der Waals surface area contributed by atoms with Crippen LogP contribution in [0.15, 0.2) is 61.1 Å². The van der Waals surface area contributed by atoms with E-state index >= 15 is 0 Å². The van der Waals surface area contributed by atoms with Gasteiger partial charge in [0.25, 0.3) is 0 Å². The second kappa shape index (κ2) is 8.68. The van der Waals surface area contributed by atoms with Gasteiger partial charge in [0.15, 0.2) is 0 Å². The fourth-order valence-electron chi connectivity index (χ4n) is 3.77. The number of benzene rings is 1. The van der Waals surface area contributed by atoms with Gasteiger partial charge < -0.3 is 10.0 Å². The molecule has 5 nitrogen and oxygen atoms in total. The van der Waals surface area contributed by atoms with E-state index in [4.69, 9.17) is 0 Å². The largest absolute Gasteiger partial charge is 0.382 e. The zero-order chi connectivity index (χ0) is 20.2. The number of hydrogen-bond acceptors (Lipinski definition) is 5. The first-order chi connectivity index (χ1) is 14.1. The Kier molecular flexibility index (Phi) is 5.83. The maximum absolute atomic E-state index is 14.8. The van der Waals surface area contributed by atoms with E-state index in [9.17, 15) is 9.50 Å². The first kappa shape index (κ1) is 19.5. The molecule has 1 N–H and O–H groups in total. The highest BCUT2D eigenvalue weighted by atomic mass is 19.1. The Hall–Kier alpha value is -2.83. The third-order valence-corrected chi connectivity index (χ3v) is 5.34. The van der Waals surface area contributed by atoms with E-state index in [1.54, 1.807) is 30.6 Å². The SMILES string of the molecule is Cc1ccc(C(O)c2cccc(F)c2N2CCN(Cc3cccnc3)CC2)nc1. The van der Waals surface area contributed by atoms with Gasteiger partial charge in [-0.1, -0.05) is 24.3 Å². The van der Waals surface area contributed by atoms with E-state index in [0.29, 0.717) is 30.0 Å². The minimum atomic E-state index is -0.963. The summed E-state index contributed by atoms with van der Waals surface area (Å²) in [4.78, 5) is 12.9. The van der Waals surface area contributed by atoms with E-state index in [1.165, 1.54) is 11.6 Å². The maximum Gasteiger partial charge on any atom is 0.146 e. The van der Waals surface area contributed by atoms with Crippen molar-refractivity contribution in [2.24, 2.45) is 0 Å². The summed E-state index contributed by atoms with van der Waals surface area (Å²) in [6.45, 7) is 5.82. The van der Waals surface area contributed by atoms with Gasteiger partial charge in [0, 0.05) is 56.9 Å². The van der Waals surface area contributed by atoms with Crippen molar-refractivity contribution in [3.8, 4) is 0 Å². The van der Waals surface area contributed by atoms with Crippen LogP contribution in [-0.4, -0.2) is 46.2 Å². The van der Waals surface area contributed by atoms with Gasteiger partial charge in [0.2, 0.25) is 0 Å². The fraction of sp³-hybridized carbons (Fsp3) is 0.304. The van der Waals surface area contributed by atoms with E-state index < -0.39 is 6.10 Å². The molecule has 1 fully saturated rings. The van der Waals surface area contributed by atoms with Crippen LogP contribution in [0.4, 0.5) is 10.1 Å². The molecule has 150 valence electrons. The Morgan fingerprint density at radius 1 is 1.03 bits per heavy atom. The van der Waals surface area contributed by atoms with Gasteiger partial charge in [-0.15, -0.1) is 0 Å². The number of halogens is 1. The molecule has 1 aliphatic rings. The van der Waals surface area contributed by atoms with E-state index in [-0.39, 0.29) is 5.82 Å². The highest BCUT2D eigenvalue weighted by molar-refractivity contribution is 5.57. The number of pyridine rings is 2. The lowest BCUT2D eigenvalue weighted by molar-refractivity contribution is 0.213. The molecule has 1 atom stereocenters. The van der Waals surface area contributed by atoms with Crippen molar-refractivity contribution in [3.05, 3.63) is 89.3 Å². The highest BCUT2D eigenvalue weighted by Gasteiger charge is 2.25. The smallest absolute Gasteiger partial charge is 0.146 e. The van der Waals surface area contributed by atoms with Gasteiger partial charge in [-0.2, -0.15) is 0 Å². The molecular formula is C23H25FN4O. The van der Waals surface area contributed by atoms with Crippen molar-refractivity contribution < 1.29 is 9.50 Å². The molecule has 1 aliphatic heterocycles. The van der Waals surface area contributed by atoms with Crippen LogP contribution in [0.2, 0.25) is 0 Å². The molecule has 1 saturated heterocycles. The van der Waals surface area contributed by atoms with Crippen LogP contribution in [0.5, 0.6) is 0 Å². The molecule has 4 rings (SSSR count). The first-order valence-electron chi connectivity index (χ1n) is 9.87. The number of hydrogen-bond donors (Lipinski definition) is 1. The molecule has 0 saturated carbocycles. The minimum absolute atomic E-state index is 0.311. The van der Waals surface area contributed by atoms with E-state index in [1.807, 2.05) is 30.2 Å². The second-order valence-corrected chi connectivity index (χ2v) is 7.47. The number of para-hydroxylation sites is 1. The van der Waals surface area contributed by atoms with Crippen molar-refractivity contribution >= 4 is 5.69 Å². The second-order valence-electron chi connectivity index (χ2n) is 7.47. The van der Waals surface area contributed by atoms with Gasteiger partial charge in [-0.25, -0.2) is 4.39 Å². The van der Waals surface area contributed by atoms with Crippen molar-refractivity contribution in [2.45, 2.75) is 19.6 Å². The minimum Gasteiger partial charge on any atom is -0.382 e. The van der Waals surface area contributed by atoms with Crippen LogP contribution in [0, 0.1) is 12.7 Å². The van der Waals surface area contributed by atoms with Crippen molar-refractivity contribution in [3.63, 3.8) is 0 Å². The Morgan fingerprint density at radius 3 is 2.55 bits per heavy atom. The molecule has 0 amide bonds. The molecule has 2 aromatic heterocycles. The Morgan fingerprint density at radius 2 is 1.86 bits per heavy atom.